The molecule has 15 heavy (non-hydrogen) atoms. The van der Waals surface area contributed by atoms with Crippen LogP contribution in [0.15, 0.2) is 18.2 Å². The first-order valence-corrected chi connectivity index (χ1v) is 5.94. The Kier molecular flexibility index (Phi) is 4.91. The van der Waals surface area contributed by atoms with Gasteiger partial charge in [0.05, 0.1) is 0 Å². The third-order valence-electron chi connectivity index (χ3n) is 2.05. The van der Waals surface area contributed by atoms with Crippen LogP contribution in [-0.4, -0.2) is 17.0 Å². The van der Waals surface area contributed by atoms with Crippen LogP contribution < -0.4 is 5.73 Å². The van der Waals surface area contributed by atoms with Crippen LogP contribution in [0.4, 0.5) is 10.1 Å². The third kappa shape index (κ3) is 4.53. The maximum atomic E-state index is 13.0. The number of nitrogens with two attached hydrogens (primary N) is 1. The normalized spacial score (nSPS) is 12.7. The predicted octanol–water partition coefficient (Wildman–Crippen LogP) is 2.41. The SMILES string of the molecule is CC(CCO)SCc1cc(N)cc(F)c1. The van der Waals surface area contributed by atoms with Gasteiger partial charge in [0.1, 0.15) is 5.82 Å². The van der Waals surface area contributed by atoms with Gasteiger partial charge in [-0.3, -0.25) is 0 Å². The Morgan fingerprint density at radius 2 is 2.20 bits per heavy atom. The molecule has 0 radical (unpaired) electrons. The van der Waals surface area contributed by atoms with Crippen LogP contribution in [0.2, 0.25) is 0 Å². The molecular formula is C11H16FNOS. The quantitative estimate of drug-likeness (QED) is 0.762. The number of aliphatic hydroxyl groups excluding tert-OH is 1. The Labute approximate surface area is 93.7 Å². The van der Waals surface area contributed by atoms with Crippen LogP contribution in [0, 0.1) is 5.82 Å². The number of rotatable bonds is 5. The Balaban J connectivity index is 2.50. The molecule has 0 aliphatic carbocycles. The van der Waals surface area contributed by atoms with E-state index in [-0.39, 0.29) is 12.4 Å². The Hall–Kier alpha value is -0.740. The van der Waals surface area contributed by atoms with Gasteiger partial charge in [0.15, 0.2) is 0 Å². The lowest BCUT2D eigenvalue weighted by Gasteiger charge is -2.09. The van der Waals surface area contributed by atoms with Crippen molar-refractivity contribution in [1.82, 2.24) is 0 Å². The first kappa shape index (κ1) is 12.3. The number of hydrogen-bond donors (Lipinski definition) is 2. The van der Waals surface area contributed by atoms with E-state index >= 15 is 0 Å². The minimum absolute atomic E-state index is 0.194. The lowest BCUT2D eigenvalue weighted by atomic mass is 10.2. The summed E-state index contributed by atoms with van der Waals surface area (Å²) in [5.74, 6) is 0.434. The lowest BCUT2D eigenvalue weighted by molar-refractivity contribution is 0.289. The zero-order chi connectivity index (χ0) is 11.3. The van der Waals surface area contributed by atoms with E-state index in [1.807, 2.05) is 6.92 Å². The van der Waals surface area contributed by atoms with E-state index in [4.69, 9.17) is 10.8 Å². The maximum Gasteiger partial charge on any atom is 0.125 e. The van der Waals surface area contributed by atoms with Crippen molar-refractivity contribution < 1.29 is 9.50 Å². The van der Waals surface area contributed by atoms with Crippen molar-refractivity contribution in [3.8, 4) is 0 Å². The largest absolute Gasteiger partial charge is 0.399 e. The average molecular weight is 229 g/mol. The fourth-order valence-electron chi connectivity index (χ4n) is 1.26. The van der Waals surface area contributed by atoms with E-state index in [2.05, 4.69) is 0 Å². The van der Waals surface area contributed by atoms with E-state index in [0.29, 0.717) is 10.9 Å². The summed E-state index contributed by atoms with van der Waals surface area (Å²) >= 11 is 1.69. The molecule has 3 N–H and O–H groups in total. The highest BCUT2D eigenvalue weighted by Gasteiger charge is 2.04. The predicted molar refractivity (Wildman–Crippen MR) is 63.3 cm³/mol. The van der Waals surface area contributed by atoms with Crippen molar-refractivity contribution in [3.05, 3.63) is 29.6 Å². The molecule has 84 valence electrons. The van der Waals surface area contributed by atoms with Crippen LogP contribution in [0.5, 0.6) is 0 Å². The monoisotopic (exact) mass is 229 g/mol. The second-order valence-corrected chi connectivity index (χ2v) is 4.95. The number of anilines is 1. The van der Waals surface area contributed by atoms with E-state index in [9.17, 15) is 4.39 Å². The van der Waals surface area contributed by atoms with Crippen molar-refractivity contribution in [2.45, 2.75) is 24.3 Å². The van der Waals surface area contributed by atoms with Crippen LogP contribution in [-0.2, 0) is 5.75 Å². The highest BCUT2D eigenvalue weighted by atomic mass is 32.2. The van der Waals surface area contributed by atoms with Gasteiger partial charge in [-0.15, -0.1) is 0 Å². The van der Waals surface area contributed by atoms with Gasteiger partial charge in [0.25, 0.3) is 0 Å². The topological polar surface area (TPSA) is 46.2 Å². The number of nitrogen functional groups attached to an aromatic ring is 1. The van der Waals surface area contributed by atoms with Crippen molar-refractivity contribution in [3.63, 3.8) is 0 Å². The van der Waals surface area contributed by atoms with Gasteiger partial charge in [-0.2, -0.15) is 11.8 Å². The van der Waals surface area contributed by atoms with Crippen molar-refractivity contribution in [2.75, 3.05) is 12.3 Å². The van der Waals surface area contributed by atoms with Crippen molar-refractivity contribution in [1.29, 1.82) is 0 Å². The summed E-state index contributed by atoms with van der Waals surface area (Å²) in [6.07, 6.45) is 0.759. The smallest absolute Gasteiger partial charge is 0.125 e. The van der Waals surface area contributed by atoms with Gasteiger partial charge in [0.2, 0.25) is 0 Å². The number of thioether (sulfide) groups is 1. The second kappa shape index (κ2) is 5.98. The molecule has 0 spiro atoms. The summed E-state index contributed by atoms with van der Waals surface area (Å²) in [5, 5.41) is 9.10. The van der Waals surface area contributed by atoms with E-state index in [1.54, 1.807) is 17.8 Å². The highest BCUT2D eigenvalue weighted by Crippen LogP contribution is 2.21. The minimum atomic E-state index is -0.291. The van der Waals surface area contributed by atoms with Crippen LogP contribution in [0.1, 0.15) is 18.9 Å². The third-order valence-corrected chi connectivity index (χ3v) is 3.35. The van der Waals surface area contributed by atoms with E-state index < -0.39 is 0 Å². The summed E-state index contributed by atoms with van der Waals surface area (Å²) in [4.78, 5) is 0. The van der Waals surface area contributed by atoms with Crippen LogP contribution in [0.3, 0.4) is 0 Å². The summed E-state index contributed by atoms with van der Waals surface area (Å²) in [6.45, 7) is 2.24. The molecule has 0 aromatic heterocycles. The molecule has 0 saturated heterocycles. The average Bonchev–Trinajstić information content (AvgIpc) is 2.14. The molecule has 4 heteroatoms. The second-order valence-electron chi connectivity index (χ2n) is 3.53. The standard InChI is InChI=1S/C11H16FNOS/c1-8(2-3-14)15-7-9-4-10(12)6-11(13)5-9/h4-6,8,14H,2-3,7,13H2,1H3. The zero-order valence-corrected chi connectivity index (χ0v) is 9.56. The summed E-state index contributed by atoms with van der Waals surface area (Å²) in [7, 11) is 0. The molecule has 0 saturated carbocycles. The maximum absolute atomic E-state index is 13.0. The molecule has 0 fully saturated rings. The fourth-order valence-corrected chi connectivity index (χ4v) is 2.18. The Morgan fingerprint density at radius 3 is 2.80 bits per heavy atom. The minimum Gasteiger partial charge on any atom is -0.399 e. The first-order valence-electron chi connectivity index (χ1n) is 4.89. The molecule has 1 rings (SSSR count). The molecule has 1 unspecified atom stereocenters. The molecule has 1 aromatic carbocycles. The van der Waals surface area contributed by atoms with Gasteiger partial charge < -0.3 is 10.8 Å². The van der Waals surface area contributed by atoms with E-state index in [0.717, 1.165) is 17.7 Å². The highest BCUT2D eigenvalue weighted by molar-refractivity contribution is 7.99. The van der Waals surface area contributed by atoms with Crippen molar-refractivity contribution in [2.24, 2.45) is 0 Å². The summed E-state index contributed by atoms with van der Waals surface area (Å²) in [5.41, 5.74) is 6.88. The van der Waals surface area contributed by atoms with Crippen LogP contribution in [0.25, 0.3) is 0 Å². The van der Waals surface area contributed by atoms with Gasteiger partial charge >= 0.3 is 0 Å². The number of hydrogen-bond acceptors (Lipinski definition) is 3. The lowest BCUT2D eigenvalue weighted by Crippen LogP contribution is -2.00. The summed E-state index contributed by atoms with van der Waals surface area (Å²) in [6, 6.07) is 4.59. The summed E-state index contributed by atoms with van der Waals surface area (Å²) < 4.78 is 13.0. The first-order chi connectivity index (χ1) is 7.11. The van der Waals surface area contributed by atoms with Crippen molar-refractivity contribution >= 4 is 17.4 Å². The molecule has 1 atom stereocenters. The number of benzene rings is 1. The van der Waals surface area contributed by atoms with Crippen LogP contribution >= 0.6 is 11.8 Å². The Morgan fingerprint density at radius 1 is 1.47 bits per heavy atom. The van der Waals surface area contributed by atoms with Gasteiger partial charge in [-0.25, -0.2) is 4.39 Å². The molecule has 0 aliphatic rings. The molecule has 0 aliphatic heterocycles. The van der Waals surface area contributed by atoms with Gasteiger partial charge in [-0.1, -0.05) is 6.92 Å². The van der Waals surface area contributed by atoms with Gasteiger partial charge in [0, 0.05) is 23.3 Å². The van der Waals surface area contributed by atoms with Gasteiger partial charge in [-0.05, 0) is 30.2 Å². The molecule has 0 bridgehead atoms. The molecular weight excluding hydrogens is 213 g/mol. The zero-order valence-electron chi connectivity index (χ0n) is 8.74. The number of halogens is 1. The molecule has 0 amide bonds. The fraction of sp³-hybridized carbons (Fsp3) is 0.455. The molecule has 2 nitrogen and oxygen atoms in total. The molecule has 1 aromatic rings. The Bertz CT molecular complexity index is 299. The van der Waals surface area contributed by atoms with E-state index in [1.165, 1.54) is 12.1 Å². The molecule has 0 heterocycles. The number of aliphatic hydroxyl groups is 1.